The van der Waals surface area contributed by atoms with Crippen molar-refractivity contribution in [1.29, 1.82) is 0 Å². The van der Waals surface area contributed by atoms with E-state index in [9.17, 15) is 0 Å². The van der Waals surface area contributed by atoms with Crippen molar-refractivity contribution in [3.05, 3.63) is 29.3 Å². The predicted octanol–water partition coefficient (Wildman–Crippen LogP) is 3.66. The van der Waals surface area contributed by atoms with E-state index in [2.05, 4.69) is 35.4 Å². The van der Waals surface area contributed by atoms with E-state index in [1.165, 1.54) is 11.1 Å². The lowest BCUT2D eigenvalue weighted by Crippen LogP contribution is -1.95. The molecule has 2 nitrogen and oxygen atoms in total. The smallest absolute Gasteiger partial charge is 0.0914 e. The second-order valence-corrected chi connectivity index (χ2v) is 2.80. The molecule has 0 unspecified atom stereocenters. The first-order valence-electron chi connectivity index (χ1n) is 4.84. The zero-order valence-corrected chi connectivity index (χ0v) is 8.54. The molecule has 0 saturated carbocycles. The summed E-state index contributed by atoms with van der Waals surface area (Å²) in [6.45, 7) is 6.92. The van der Waals surface area contributed by atoms with Gasteiger partial charge in [-0.25, -0.2) is 0 Å². The van der Waals surface area contributed by atoms with Gasteiger partial charge >= 0.3 is 0 Å². The monoisotopic (exact) mass is 176 g/mol. The molecule has 2 rings (SSSR count). The van der Waals surface area contributed by atoms with E-state index in [-0.39, 0.29) is 0 Å². The number of aryl methyl sites for hydroxylation is 1. The van der Waals surface area contributed by atoms with Crippen LogP contribution in [0.25, 0.3) is 0 Å². The van der Waals surface area contributed by atoms with Crippen molar-refractivity contribution in [2.75, 3.05) is 6.54 Å². The lowest BCUT2D eigenvalue weighted by atomic mass is 10.1. The first-order valence-corrected chi connectivity index (χ1v) is 4.84. The molecular weight excluding hydrogens is 160 g/mol. The van der Waals surface area contributed by atoms with Gasteiger partial charge < -0.3 is 0 Å². The molecule has 0 aliphatic carbocycles. The van der Waals surface area contributed by atoms with Crippen molar-refractivity contribution >= 4 is 5.69 Å². The van der Waals surface area contributed by atoms with E-state index in [0.29, 0.717) is 0 Å². The molecule has 0 aromatic heterocycles. The van der Waals surface area contributed by atoms with Gasteiger partial charge in [0.25, 0.3) is 0 Å². The highest BCUT2D eigenvalue weighted by Gasteiger charge is 2.07. The van der Waals surface area contributed by atoms with Gasteiger partial charge in [0, 0.05) is 0 Å². The van der Waals surface area contributed by atoms with E-state index < -0.39 is 0 Å². The van der Waals surface area contributed by atoms with Gasteiger partial charge in [-0.1, -0.05) is 32.0 Å². The maximum absolute atomic E-state index is 4.12. The van der Waals surface area contributed by atoms with Gasteiger partial charge in [-0.3, -0.25) is 0 Å². The average Bonchev–Trinajstić information content (AvgIpc) is 2.22. The second-order valence-electron chi connectivity index (χ2n) is 2.80. The van der Waals surface area contributed by atoms with E-state index in [1.807, 2.05) is 13.8 Å². The van der Waals surface area contributed by atoms with Gasteiger partial charge in [-0.2, -0.15) is 10.2 Å². The summed E-state index contributed by atoms with van der Waals surface area (Å²) in [5, 5.41) is 8.12. The fourth-order valence-electron chi connectivity index (χ4n) is 1.36. The third kappa shape index (κ3) is 2.14. The highest BCUT2D eigenvalue weighted by molar-refractivity contribution is 5.52. The molecule has 2 heteroatoms. The Bertz CT molecular complexity index is 303. The molecule has 0 fully saturated rings. The fraction of sp³-hybridized carbons (Fsp3) is 0.455. The zero-order valence-electron chi connectivity index (χ0n) is 8.54. The topological polar surface area (TPSA) is 24.7 Å². The first kappa shape index (κ1) is 9.90. The van der Waals surface area contributed by atoms with Crippen LogP contribution < -0.4 is 0 Å². The largest absolute Gasteiger partial charge is 0.188 e. The molecule has 0 amide bonds. The maximum atomic E-state index is 4.12. The maximum Gasteiger partial charge on any atom is 0.0914 e. The van der Waals surface area contributed by atoms with Gasteiger partial charge in [0.05, 0.1) is 12.2 Å². The van der Waals surface area contributed by atoms with Crippen LogP contribution >= 0.6 is 0 Å². The number of hydrogen-bond donors (Lipinski definition) is 0. The Kier molecular flexibility index (Phi) is 3.62. The zero-order chi connectivity index (χ0) is 9.68. The summed E-state index contributed by atoms with van der Waals surface area (Å²) >= 11 is 0. The quantitative estimate of drug-likeness (QED) is 0.576. The van der Waals surface area contributed by atoms with E-state index >= 15 is 0 Å². The Hall–Kier alpha value is -1.18. The molecule has 0 N–H and O–H groups in total. The Morgan fingerprint density at radius 2 is 2.00 bits per heavy atom. The molecule has 70 valence electrons. The van der Waals surface area contributed by atoms with Crippen LogP contribution in [0, 0.1) is 6.92 Å². The third-order valence-corrected chi connectivity index (χ3v) is 1.97. The van der Waals surface area contributed by atoms with E-state index in [1.54, 1.807) is 0 Å². The Labute approximate surface area is 79.7 Å². The molecule has 0 bridgehead atoms. The number of benzene rings is 1. The molecule has 0 radical (unpaired) electrons. The molecule has 13 heavy (non-hydrogen) atoms. The molecular formula is C11H16N2. The third-order valence-electron chi connectivity index (χ3n) is 1.97. The summed E-state index contributed by atoms with van der Waals surface area (Å²) in [6.07, 6.45) is 1.04. The standard InChI is InChI=1S/C9H10N2.C2H6/c1-7-3-2-4-8-5-6-10-11-9(7)8;1-2/h2-4H,5-6H2,1H3;1-2H3. The van der Waals surface area contributed by atoms with Crippen molar-refractivity contribution in [1.82, 2.24) is 0 Å². The van der Waals surface area contributed by atoms with Gasteiger partial charge in [0.2, 0.25) is 0 Å². The average molecular weight is 176 g/mol. The number of rotatable bonds is 0. The van der Waals surface area contributed by atoms with Crippen molar-refractivity contribution in [3.63, 3.8) is 0 Å². The molecule has 0 spiro atoms. The van der Waals surface area contributed by atoms with Gasteiger partial charge in [0.1, 0.15) is 0 Å². The minimum Gasteiger partial charge on any atom is -0.188 e. The Morgan fingerprint density at radius 3 is 2.69 bits per heavy atom. The SMILES string of the molecule is CC.Cc1cccc2c1N=NCC2. The van der Waals surface area contributed by atoms with Crippen LogP contribution in [0.3, 0.4) is 0 Å². The lowest BCUT2D eigenvalue weighted by Gasteiger charge is -2.09. The molecule has 0 atom stereocenters. The molecule has 1 aliphatic heterocycles. The number of hydrogen-bond acceptors (Lipinski definition) is 2. The Morgan fingerprint density at radius 1 is 1.23 bits per heavy atom. The molecule has 1 aromatic rings. The summed E-state index contributed by atoms with van der Waals surface area (Å²) in [5.74, 6) is 0. The number of nitrogens with zero attached hydrogens (tertiary/aromatic N) is 2. The normalized spacial score (nSPS) is 12.8. The summed E-state index contributed by atoms with van der Waals surface area (Å²) in [6, 6.07) is 6.28. The second kappa shape index (κ2) is 4.75. The van der Waals surface area contributed by atoms with E-state index in [0.717, 1.165) is 18.7 Å². The van der Waals surface area contributed by atoms with Crippen LogP contribution in [-0.4, -0.2) is 6.54 Å². The highest BCUT2D eigenvalue weighted by Crippen LogP contribution is 2.27. The molecule has 0 saturated heterocycles. The first-order chi connectivity index (χ1) is 6.38. The predicted molar refractivity (Wildman–Crippen MR) is 55.6 cm³/mol. The Balaban J connectivity index is 0.000000396. The summed E-state index contributed by atoms with van der Waals surface area (Å²) < 4.78 is 0. The molecule has 1 aliphatic rings. The van der Waals surface area contributed by atoms with Crippen LogP contribution in [-0.2, 0) is 6.42 Å². The van der Waals surface area contributed by atoms with Crippen LogP contribution in [0.15, 0.2) is 28.4 Å². The molecule has 1 heterocycles. The minimum absolute atomic E-state index is 0.844. The summed E-state index contributed by atoms with van der Waals surface area (Å²) in [7, 11) is 0. The van der Waals surface area contributed by atoms with Crippen LogP contribution in [0.1, 0.15) is 25.0 Å². The van der Waals surface area contributed by atoms with Gasteiger partial charge in [-0.05, 0) is 24.5 Å². The molecule has 1 aromatic carbocycles. The van der Waals surface area contributed by atoms with Crippen molar-refractivity contribution in [2.24, 2.45) is 10.2 Å². The minimum atomic E-state index is 0.844. The number of azo groups is 1. The highest BCUT2D eigenvalue weighted by atomic mass is 15.1. The van der Waals surface area contributed by atoms with Gasteiger partial charge in [-0.15, -0.1) is 0 Å². The lowest BCUT2D eigenvalue weighted by molar-refractivity contribution is 0.859. The fourth-order valence-corrected chi connectivity index (χ4v) is 1.36. The van der Waals surface area contributed by atoms with Crippen LogP contribution in [0.5, 0.6) is 0 Å². The van der Waals surface area contributed by atoms with Crippen molar-refractivity contribution < 1.29 is 0 Å². The summed E-state index contributed by atoms with van der Waals surface area (Å²) in [4.78, 5) is 0. The van der Waals surface area contributed by atoms with Crippen molar-refractivity contribution in [2.45, 2.75) is 27.2 Å². The van der Waals surface area contributed by atoms with Gasteiger partial charge in [0.15, 0.2) is 0 Å². The number of fused-ring (bicyclic) bond motifs is 1. The summed E-state index contributed by atoms with van der Waals surface area (Å²) in [5.41, 5.74) is 3.64. The van der Waals surface area contributed by atoms with Crippen LogP contribution in [0.2, 0.25) is 0 Å². The van der Waals surface area contributed by atoms with Crippen LogP contribution in [0.4, 0.5) is 5.69 Å². The van der Waals surface area contributed by atoms with Crippen molar-refractivity contribution in [3.8, 4) is 0 Å². The van der Waals surface area contributed by atoms with E-state index in [4.69, 9.17) is 0 Å².